The van der Waals surface area contributed by atoms with E-state index >= 15 is 0 Å². The molecular formula is C18H29N3. The molecule has 1 aromatic rings. The second kappa shape index (κ2) is 9.55. The predicted octanol–water partition coefficient (Wildman–Crippen LogP) is 3.73. The van der Waals surface area contributed by atoms with Crippen LogP contribution >= 0.6 is 0 Å². The number of benzene rings is 1. The van der Waals surface area contributed by atoms with Gasteiger partial charge in [0.25, 0.3) is 0 Å². The van der Waals surface area contributed by atoms with Crippen molar-refractivity contribution in [3.05, 3.63) is 35.4 Å². The molecule has 0 aromatic heterocycles. The van der Waals surface area contributed by atoms with Crippen molar-refractivity contribution < 1.29 is 0 Å². The second-order valence-corrected chi connectivity index (χ2v) is 5.90. The molecule has 116 valence electrons. The van der Waals surface area contributed by atoms with Gasteiger partial charge in [-0.25, -0.2) is 0 Å². The lowest BCUT2D eigenvalue weighted by Gasteiger charge is -2.18. The van der Waals surface area contributed by atoms with Crippen molar-refractivity contribution in [1.82, 2.24) is 10.2 Å². The summed E-state index contributed by atoms with van der Waals surface area (Å²) in [7, 11) is 0. The Morgan fingerprint density at radius 2 is 1.76 bits per heavy atom. The molecule has 0 saturated heterocycles. The Bertz CT molecular complexity index is 427. The van der Waals surface area contributed by atoms with Gasteiger partial charge in [-0.3, -0.25) is 10.2 Å². The van der Waals surface area contributed by atoms with E-state index in [1.54, 1.807) is 0 Å². The first-order valence-electron chi connectivity index (χ1n) is 8.04. The molecule has 0 amide bonds. The number of nitrogens with zero attached hydrogens (tertiary/aromatic N) is 2. The summed E-state index contributed by atoms with van der Waals surface area (Å²) < 4.78 is 0. The van der Waals surface area contributed by atoms with Gasteiger partial charge in [-0.2, -0.15) is 5.26 Å². The van der Waals surface area contributed by atoms with E-state index in [-0.39, 0.29) is 6.04 Å². The van der Waals surface area contributed by atoms with Crippen LogP contribution in [0.1, 0.15) is 51.3 Å². The van der Waals surface area contributed by atoms with Crippen LogP contribution in [0.15, 0.2) is 24.3 Å². The van der Waals surface area contributed by atoms with E-state index < -0.39 is 0 Å². The maximum Gasteiger partial charge on any atom is 0.121 e. The highest BCUT2D eigenvalue weighted by atomic mass is 15.1. The van der Waals surface area contributed by atoms with Crippen LogP contribution in [0.4, 0.5) is 0 Å². The summed E-state index contributed by atoms with van der Waals surface area (Å²) in [6.07, 6.45) is 1.10. The molecule has 3 nitrogen and oxygen atoms in total. The fourth-order valence-electron chi connectivity index (χ4n) is 2.28. The summed E-state index contributed by atoms with van der Waals surface area (Å²) in [5.74, 6) is 0.660. The molecule has 0 saturated carbocycles. The van der Waals surface area contributed by atoms with Crippen LogP contribution in [-0.4, -0.2) is 24.5 Å². The largest absolute Gasteiger partial charge is 0.300 e. The van der Waals surface area contributed by atoms with Gasteiger partial charge in [-0.1, -0.05) is 52.0 Å². The number of hydrogen-bond acceptors (Lipinski definition) is 3. The zero-order valence-corrected chi connectivity index (χ0v) is 13.9. The van der Waals surface area contributed by atoms with Gasteiger partial charge in [0.2, 0.25) is 0 Å². The van der Waals surface area contributed by atoms with Crippen molar-refractivity contribution in [3.8, 4) is 6.07 Å². The minimum absolute atomic E-state index is 0.203. The van der Waals surface area contributed by atoms with Gasteiger partial charge < -0.3 is 0 Å². The van der Waals surface area contributed by atoms with Gasteiger partial charge in [0.05, 0.1) is 6.07 Å². The SMILES string of the molecule is CCN(CC)Cc1ccc(C(C#N)NCCC(C)C)cc1. The lowest BCUT2D eigenvalue weighted by molar-refractivity contribution is 0.296. The van der Waals surface area contributed by atoms with Crippen LogP contribution < -0.4 is 5.32 Å². The molecular weight excluding hydrogens is 258 g/mol. The topological polar surface area (TPSA) is 39.1 Å². The van der Waals surface area contributed by atoms with Crippen LogP contribution in [0, 0.1) is 17.2 Å². The Kier molecular flexibility index (Phi) is 8.04. The molecule has 0 fully saturated rings. The van der Waals surface area contributed by atoms with Crippen LogP contribution in [0.25, 0.3) is 0 Å². The number of rotatable bonds is 9. The van der Waals surface area contributed by atoms with E-state index in [1.807, 2.05) is 0 Å². The smallest absolute Gasteiger partial charge is 0.121 e. The summed E-state index contributed by atoms with van der Waals surface area (Å²) in [6.45, 7) is 12.8. The highest BCUT2D eigenvalue weighted by Gasteiger charge is 2.10. The third kappa shape index (κ3) is 6.29. The van der Waals surface area contributed by atoms with Crippen LogP contribution in [0.5, 0.6) is 0 Å². The third-order valence-corrected chi connectivity index (χ3v) is 3.81. The second-order valence-electron chi connectivity index (χ2n) is 5.90. The van der Waals surface area contributed by atoms with Gasteiger partial charge >= 0.3 is 0 Å². The van der Waals surface area contributed by atoms with Crippen molar-refractivity contribution in [2.45, 2.75) is 46.7 Å². The van der Waals surface area contributed by atoms with Crippen molar-refractivity contribution in [1.29, 1.82) is 5.26 Å². The molecule has 0 radical (unpaired) electrons. The van der Waals surface area contributed by atoms with Crippen molar-refractivity contribution >= 4 is 0 Å². The molecule has 1 N–H and O–H groups in total. The summed E-state index contributed by atoms with van der Waals surface area (Å²) in [4.78, 5) is 2.39. The Morgan fingerprint density at radius 1 is 1.14 bits per heavy atom. The number of hydrogen-bond donors (Lipinski definition) is 1. The minimum Gasteiger partial charge on any atom is -0.300 e. The first-order valence-corrected chi connectivity index (χ1v) is 8.04. The quantitative estimate of drug-likeness (QED) is 0.752. The minimum atomic E-state index is -0.203. The zero-order chi connectivity index (χ0) is 15.7. The average Bonchev–Trinajstić information content (AvgIpc) is 2.50. The molecule has 21 heavy (non-hydrogen) atoms. The fraction of sp³-hybridized carbons (Fsp3) is 0.611. The molecule has 3 heteroatoms. The maximum atomic E-state index is 9.31. The Labute approximate surface area is 130 Å². The Hall–Kier alpha value is -1.37. The van der Waals surface area contributed by atoms with Gasteiger partial charge in [-0.15, -0.1) is 0 Å². The zero-order valence-electron chi connectivity index (χ0n) is 13.9. The number of nitriles is 1. The molecule has 1 aromatic carbocycles. The van der Waals surface area contributed by atoms with Gasteiger partial charge in [0.1, 0.15) is 6.04 Å². The van der Waals surface area contributed by atoms with E-state index in [0.29, 0.717) is 5.92 Å². The Morgan fingerprint density at radius 3 is 2.24 bits per heavy atom. The van der Waals surface area contributed by atoms with E-state index in [4.69, 9.17) is 0 Å². The van der Waals surface area contributed by atoms with Gasteiger partial charge in [0, 0.05) is 6.54 Å². The Balaban J connectivity index is 2.60. The van der Waals surface area contributed by atoms with Crippen LogP contribution in [-0.2, 0) is 6.54 Å². The molecule has 0 heterocycles. The lowest BCUT2D eigenvalue weighted by atomic mass is 10.0. The summed E-state index contributed by atoms with van der Waals surface area (Å²) in [5, 5.41) is 12.6. The van der Waals surface area contributed by atoms with E-state index in [1.165, 1.54) is 5.56 Å². The van der Waals surface area contributed by atoms with E-state index in [2.05, 4.69) is 68.2 Å². The number of nitrogens with one attached hydrogen (secondary N) is 1. The lowest BCUT2D eigenvalue weighted by Crippen LogP contribution is -2.23. The van der Waals surface area contributed by atoms with Crippen molar-refractivity contribution in [2.24, 2.45) is 5.92 Å². The fourth-order valence-corrected chi connectivity index (χ4v) is 2.28. The van der Waals surface area contributed by atoms with Crippen LogP contribution in [0.3, 0.4) is 0 Å². The predicted molar refractivity (Wildman–Crippen MR) is 88.9 cm³/mol. The molecule has 0 aliphatic carbocycles. The molecule has 0 bridgehead atoms. The summed E-state index contributed by atoms with van der Waals surface area (Å²) in [6, 6.07) is 10.6. The first-order chi connectivity index (χ1) is 10.1. The van der Waals surface area contributed by atoms with E-state index in [0.717, 1.165) is 38.2 Å². The molecule has 0 aliphatic rings. The van der Waals surface area contributed by atoms with E-state index in [9.17, 15) is 5.26 Å². The third-order valence-electron chi connectivity index (χ3n) is 3.81. The van der Waals surface area contributed by atoms with Gasteiger partial charge in [-0.05, 0) is 43.1 Å². The highest BCUT2D eigenvalue weighted by molar-refractivity contribution is 5.28. The van der Waals surface area contributed by atoms with Crippen molar-refractivity contribution in [2.75, 3.05) is 19.6 Å². The molecule has 1 rings (SSSR count). The normalized spacial score (nSPS) is 12.6. The standard InChI is InChI=1S/C18H29N3/c1-5-21(6-2)14-16-7-9-17(10-8-16)18(13-19)20-12-11-15(3)4/h7-10,15,18,20H,5-6,11-12,14H2,1-4H3. The first kappa shape index (κ1) is 17.7. The summed E-state index contributed by atoms with van der Waals surface area (Å²) in [5.41, 5.74) is 2.37. The molecule has 1 unspecified atom stereocenters. The van der Waals surface area contributed by atoms with Crippen LogP contribution in [0.2, 0.25) is 0 Å². The summed E-state index contributed by atoms with van der Waals surface area (Å²) >= 11 is 0. The average molecular weight is 287 g/mol. The molecule has 1 atom stereocenters. The maximum absolute atomic E-state index is 9.31. The highest BCUT2D eigenvalue weighted by Crippen LogP contribution is 2.15. The monoisotopic (exact) mass is 287 g/mol. The molecule has 0 aliphatic heterocycles. The van der Waals surface area contributed by atoms with Gasteiger partial charge in [0.15, 0.2) is 0 Å². The van der Waals surface area contributed by atoms with Crippen molar-refractivity contribution in [3.63, 3.8) is 0 Å². The molecule has 0 spiro atoms.